The third-order valence-corrected chi connectivity index (χ3v) is 5.81. The minimum absolute atomic E-state index is 0.303. The summed E-state index contributed by atoms with van der Waals surface area (Å²) in [7, 11) is 0. The molecular formula is C18H27N3. The summed E-state index contributed by atoms with van der Waals surface area (Å²) in [6.07, 6.45) is 0. The summed E-state index contributed by atoms with van der Waals surface area (Å²) in [6.45, 7) is 14.5. The molecule has 3 heteroatoms. The number of aromatic nitrogens is 2. The molecule has 0 atom stereocenters. The predicted molar refractivity (Wildman–Crippen MR) is 88.3 cm³/mol. The van der Waals surface area contributed by atoms with E-state index in [9.17, 15) is 0 Å². The Labute approximate surface area is 127 Å². The largest absolute Gasteiger partial charge is 0.326 e. The van der Waals surface area contributed by atoms with E-state index in [-0.39, 0.29) is 0 Å². The monoisotopic (exact) mass is 285 g/mol. The van der Waals surface area contributed by atoms with Crippen molar-refractivity contribution in [2.24, 2.45) is 16.6 Å². The molecule has 1 aliphatic carbocycles. The topological polar surface area (TPSA) is 43.8 Å². The number of nitrogens with zero attached hydrogens (tertiary/aromatic N) is 2. The summed E-state index contributed by atoms with van der Waals surface area (Å²) < 4.78 is 2.41. The molecule has 1 heterocycles. The molecule has 2 N–H and O–H groups in total. The van der Waals surface area contributed by atoms with Crippen LogP contribution in [0, 0.1) is 10.8 Å². The van der Waals surface area contributed by atoms with Gasteiger partial charge in [0.2, 0.25) is 0 Å². The Bertz CT molecular complexity index is 678. The summed E-state index contributed by atoms with van der Waals surface area (Å²) in [5.74, 6) is 1.75. The molecule has 0 radical (unpaired) electrons. The molecule has 0 aliphatic heterocycles. The predicted octanol–water partition coefficient (Wildman–Crippen LogP) is 4.23. The van der Waals surface area contributed by atoms with Gasteiger partial charge in [-0.2, -0.15) is 0 Å². The number of nitrogens with two attached hydrogens (primary N) is 1. The minimum Gasteiger partial charge on any atom is -0.326 e. The van der Waals surface area contributed by atoms with Crippen molar-refractivity contribution in [3.8, 4) is 0 Å². The maximum Gasteiger partial charge on any atom is 0.114 e. The van der Waals surface area contributed by atoms with Crippen molar-refractivity contribution in [1.82, 2.24) is 9.55 Å². The summed E-state index contributed by atoms with van der Waals surface area (Å²) >= 11 is 0. The van der Waals surface area contributed by atoms with E-state index in [0.29, 0.717) is 29.3 Å². The number of hydrogen-bond donors (Lipinski definition) is 1. The number of benzene rings is 1. The Kier molecular flexibility index (Phi) is 3.00. The van der Waals surface area contributed by atoms with E-state index in [2.05, 4.69) is 64.3 Å². The molecule has 21 heavy (non-hydrogen) atoms. The molecule has 2 aromatic rings. The number of fused-ring (bicyclic) bond motifs is 1. The standard InChI is InChI=1S/C18H27N3/c1-11(2)21-14-8-7-12(10-19)9-13(14)20-16(21)15-17(3,4)18(15,5)6/h7-9,11,15H,10,19H2,1-6H3. The smallest absolute Gasteiger partial charge is 0.114 e. The second-order valence-electron chi connectivity index (χ2n) is 7.84. The molecule has 0 unspecified atom stereocenters. The van der Waals surface area contributed by atoms with Gasteiger partial charge in [0.25, 0.3) is 0 Å². The summed E-state index contributed by atoms with van der Waals surface area (Å²) in [5, 5.41) is 0. The fourth-order valence-electron chi connectivity index (χ4n) is 3.88. The van der Waals surface area contributed by atoms with Gasteiger partial charge in [0, 0.05) is 18.5 Å². The van der Waals surface area contributed by atoms with Gasteiger partial charge in [-0.05, 0) is 42.4 Å². The molecule has 1 aromatic heterocycles. The maximum absolute atomic E-state index is 5.77. The minimum atomic E-state index is 0.303. The van der Waals surface area contributed by atoms with Crippen molar-refractivity contribution in [3.63, 3.8) is 0 Å². The van der Waals surface area contributed by atoms with Gasteiger partial charge in [-0.1, -0.05) is 33.8 Å². The average molecular weight is 285 g/mol. The first-order chi connectivity index (χ1) is 9.71. The van der Waals surface area contributed by atoms with Crippen LogP contribution in [0.5, 0.6) is 0 Å². The molecular weight excluding hydrogens is 258 g/mol. The molecule has 0 bridgehead atoms. The highest BCUT2D eigenvalue weighted by atomic mass is 15.1. The fourth-order valence-corrected chi connectivity index (χ4v) is 3.88. The van der Waals surface area contributed by atoms with E-state index >= 15 is 0 Å². The highest BCUT2D eigenvalue weighted by molar-refractivity contribution is 5.77. The molecule has 1 aliphatic rings. The summed E-state index contributed by atoms with van der Waals surface area (Å²) in [6, 6.07) is 6.85. The zero-order valence-corrected chi connectivity index (χ0v) is 14.1. The third kappa shape index (κ3) is 1.87. The second kappa shape index (κ2) is 4.33. The van der Waals surface area contributed by atoms with Gasteiger partial charge >= 0.3 is 0 Å². The Morgan fingerprint density at radius 1 is 1.19 bits per heavy atom. The third-order valence-electron chi connectivity index (χ3n) is 5.81. The Balaban J connectivity index is 2.21. The molecule has 114 valence electrons. The highest BCUT2D eigenvalue weighted by Crippen LogP contribution is 2.73. The van der Waals surface area contributed by atoms with E-state index in [1.54, 1.807) is 0 Å². The summed E-state index contributed by atoms with van der Waals surface area (Å²) in [5.41, 5.74) is 9.84. The molecule has 3 rings (SSSR count). The Morgan fingerprint density at radius 2 is 1.81 bits per heavy atom. The normalized spacial score (nSPS) is 20.4. The van der Waals surface area contributed by atoms with Crippen LogP contribution in [0.25, 0.3) is 11.0 Å². The van der Waals surface area contributed by atoms with Crippen LogP contribution in [0.3, 0.4) is 0 Å². The van der Waals surface area contributed by atoms with Crippen molar-refractivity contribution in [3.05, 3.63) is 29.6 Å². The molecule has 3 nitrogen and oxygen atoms in total. The fraction of sp³-hybridized carbons (Fsp3) is 0.611. The zero-order chi connectivity index (χ0) is 15.6. The number of imidazole rings is 1. The first-order valence-electron chi connectivity index (χ1n) is 7.92. The molecule has 0 amide bonds. The lowest BCUT2D eigenvalue weighted by Crippen LogP contribution is -2.07. The maximum atomic E-state index is 5.77. The number of rotatable bonds is 3. The van der Waals surface area contributed by atoms with Crippen LogP contribution >= 0.6 is 0 Å². The van der Waals surface area contributed by atoms with Crippen LogP contribution in [-0.2, 0) is 6.54 Å². The van der Waals surface area contributed by atoms with Crippen LogP contribution in [-0.4, -0.2) is 9.55 Å². The van der Waals surface area contributed by atoms with E-state index < -0.39 is 0 Å². The molecule has 0 saturated heterocycles. The van der Waals surface area contributed by atoms with Crippen molar-refractivity contribution in [1.29, 1.82) is 0 Å². The second-order valence-corrected chi connectivity index (χ2v) is 7.84. The Morgan fingerprint density at radius 3 is 2.29 bits per heavy atom. The molecule has 0 spiro atoms. The van der Waals surface area contributed by atoms with Crippen LogP contribution in [0.15, 0.2) is 18.2 Å². The summed E-state index contributed by atoms with van der Waals surface area (Å²) in [4.78, 5) is 5.00. The van der Waals surface area contributed by atoms with Crippen molar-refractivity contribution >= 4 is 11.0 Å². The highest BCUT2D eigenvalue weighted by Gasteiger charge is 2.67. The average Bonchev–Trinajstić information content (AvgIpc) is 2.71. The van der Waals surface area contributed by atoms with Gasteiger partial charge in [-0.3, -0.25) is 0 Å². The lowest BCUT2D eigenvalue weighted by atomic mass is 10.0. The lowest BCUT2D eigenvalue weighted by molar-refractivity contribution is 0.457. The van der Waals surface area contributed by atoms with Crippen molar-refractivity contribution in [2.75, 3.05) is 0 Å². The van der Waals surface area contributed by atoms with E-state index in [4.69, 9.17) is 10.7 Å². The zero-order valence-electron chi connectivity index (χ0n) is 14.1. The van der Waals surface area contributed by atoms with Gasteiger partial charge in [0.15, 0.2) is 0 Å². The van der Waals surface area contributed by atoms with E-state index in [1.165, 1.54) is 11.3 Å². The quantitative estimate of drug-likeness (QED) is 0.917. The lowest BCUT2D eigenvalue weighted by Gasteiger charge is -2.14. The first-order valence-corrected chi connectivity index (χ1v) is 7.92. The van der Waals surface area contributed by atoms with Crippen LogP contribution in [0.2, 0.25) is 0 Å². The van der Waals surface area contributed by atoms with Crippen molar-refractivity contribution < 1.29 is 0 Å². The van der Waals surface area contributed by atoms with Gasteiger partial charge in [-0.25, -0.2) is 4.98 Å². The van der Waals surface area contributed by atoms with E-state index in [0.717, 1.165) is 11.1 Å². The first kappa shape index (κ1) is 14.6. The van der Waals surface area contributed by atoms with Gasteiger partial charge < -0.3 is 10.3 Å². The van der Waals surface area contributed by atoms with Crippen LogP contribution in [0.1, 0.15) is 64.9 Å². The SMILES string of the molecule is CC(C)n1c(C2C(C)(C)C2(C)C)nc2cc(CN)ccc21. The van der Waals surface area contributed by atoms with Crippen LogP contribution < -0.4 is 5.73 Å². The Hall–Kier alpha value is -1.35. The molecule has 1 saturated carbocycles. The molecule has 1 aromatic carbocycles. The van der Waals surface area contributed by atoms with Gasteiger partial charge in [-0.15, -0.1) is 0 Å². The van der Waals surface area contributed by atoms with E-state index in [1.807, 2.05) is 0 Å². The van der Waals surface area contributed by atoms with Gasteiger partial charge in [0.1, 0.15) is 5.82 Å². The van der Waals surface area contributed by atoms with Crippen LogP contribution in [0.4, 0.5) is 0 Å². The van der Waals surface area contributed by atoms with Gasteiger partial charge in [0.05, 0.1) is 11.0 Å². The van der Waals surface area contributed by atoms with Crippen molar-refractivity contribution in [2.45, 2.75) is 60.0 Å². The molecule has 1 fully saturated rings. The number of hydrogen-bond acceptors (Lipinski definition) is 2.